The summed E-state index contributed by atoms with van der Waals surface area (Å²) in [5.74, 6) is -0.100. The van der Waals surface area contributed by atoms with Crippen LogP contribution in [0.15, 0.2) is 54.6 Å². The molecule has 0 spiro atoms. The Morgan fingerprint density at radius 2 is 1.76 bits per heavy atom. The smallest absolute Gasteiger partial charge is 0.306 e. The number of carbonyl (C=O) groups excluding carboxylic acids is 1. The summed E-state index contributed by atoms with van der Waals surface area (Å²) in [6, 6.07) is 17.7. The molecule has 3 unspecified atom stereocenters. The van der Waals surface area contributed by atoms with Gasteiger partial charge in [0.25, 0.3) is 0 Å². The van der Waals surface area contributed by atoms with Crippen molar-refractivity contribution in [2.75, 3.05) is 17.0 Å². The van der Waals surface area contributed by atoms with E-state index in [9.17, 15) is 9.90 Å². The second-order valence-corrected chi connectivity index (χ2v) is 9.94. The minimum absolute atomic E-state index is 0.0489. The number of ether oxygens (including phenoxy) is 1. The number of hydrogen-bond donors (Lipinski definition) is 3. The van der Waals surface area contributed by atoms with Gasteiger partial charge < -0.3 is 15.3 Å². The summed E-state index contributed by atoms with van der Waals surface area (Å²) in [5, 5.41) is 13.6. The molecule has 1 aliphatic heterocycles. The fourth-order valence-electron chi connectivity index (χ4n) is 4.64. The van der Waals surface area contributed by atoms with Crippen molar-refractivity contribution >= 4 is 17.3 Å². The highest BCUT2D eigenvalue weighted by Gasteiger charge is 2.39. The number of carbonyl (C=O) groups is 1. The predicted molar refractivity (Wildman–Crippen MR) is 134 cm³/mol. The zero-order valence-corrected chi connectivity index (χ0v) is 20.4. The van der Waals surface area contributed by atoms with Gasteiger partial charge in [-0.15, -0.1) is 5.53 Å². The minimum atomic E-state index is -0.589. The largest absolute Gasteiger partial charge is 0.466 e. The first-order valence-corrected chi connectivity index (χ1v) is 12.1. The molecule has 33 heavy (non-hydrogen) atoms. The number of para-hydroxylation sites is 2. The number of aryl methyl sites for hydroxylation is 1. The van der Waals surface area contributed by atoms with E-state index < -0.39 is 6.10 Å². The zero-order valence-electron chi connectivity index (χ0n) is 20.4. The van der Waals surface area contributed by atoms with Gasteiger partial charge in [-0.25, -0.2) is 0 Å². The molecule has 1 aliphatic rings. The highest BCUT2D eigenvalue weighted by molar-refractivity contribution is 5.73. The Kier molecular flexibility index (Phi) is 8.75. The number of nitrogens with zero attached hydrogens (tertiary/aromatic N) is 1. The molecule has 1 heterocycles. The summed E-state index contributed by atoms with van der Waals surface area (Å²) in [4.78, 5) is 12.4. The third-order valence-corrected chi connectivity index (χ3v) is 6.46. The first-order chi connectivity index (χ1) is 15.8. The van der Waals surface area contributed by atoms with Crippen molar-refractivity contribution in [3.8, 4) is 0 Å². The molecule has 3 atom stereocenters. The van der Waals surface area contributed by atoms with Crippen LogP contribution in [0.3, 0.4) is 0 Å². The molecular formula is C27H39N3O3. The monoisotopic (exact) mass is 453 g/mol. The van der Waals surface area contributed by atoms with Crippen LogP contribution in [-0.2, 0) is 16.0 Å². The van der Waals surface area contributed by atoms with Crippen LogP contribution in [0.4, 0.5) is 11.4 Å². The van der Waals surface area contributed by atoms with Crippen LogP contribution < -0.4 is 16.0 Å². The molecule has 3 rings (SSSR count). The Balaban J connectivity index is 1.67. The molecular weight excluding hydrogens is 414 g/mol. The molecule has 6 nitrogen and oxygen atoms in total. The van der Waals surface area contributed by atoms with Crippen LogP contribution in [0.5, 0.6) is 0 Å². The quantitative estimate of drug-likeness (QED) is 0.411. The standard InChI is InChI=1S/C27H39N3O3/c1-5-11-21(27(2,3)4)26(32)24(30-23-15-10-9-14-22(23)28-29-30)18-19-33-25(31)17-16-20-12-7-6-8-13-20/h6-10,12-15,21,24,26,28-29,32H,5,11,16-19H2,1-4H3. The van der Waals surface area contributed by atoms with Gasteiger partial charge in [-0.2, -0.15) is 0 Å². The third-order valence-electron chi connectivity index (χ3n) is 6.46. The molecule has 2 aromatic rings. The van der Waals surface area contributed by atoms with Gasteiger partial charge in [0.2, 0.25) is 0 Å². The number of fused-ring (bicyclic) bond motifs is 1. The lowest BCUT2D eigenvalue weighted by molar-refractivity contribution is -0.144. The molecule has 0 aliphatic carbocycles. The lowest BCUT2D eigenvalue weighted by Gasteiger charge is -2.41. The fourth-order valence-corrected chi connectivity index (χ4v) is 4.64. The van der Waals surface area contributed by atoms with E-state index in [1.54, 1.807) is 0 Å². The molecule has 6 heteroatoms. The summed E-state index contributed by atoms with van der Waals surface area (Å²) in [6.07, 6.45) is 2.89. The van der Waals surface area contributed by atoms with Gasteiger partial charge in [-0.1, -0.05) is 76.6 Å². The second kappa shape index (κ2) is 11.5. The van der Waals surface area contributed by atoms with Crippen molar-refractivity contribution in [3.05, 3.63) is 60.2 Å². The van der Waals surface area contributed by atoms with Gasteiger partial charge >= 0.3 is 5.97 Å². The molecule has 3 N–H and O–H groups in total. The summed E-state index contributed by atoms with van der Waals surface area (Å²) in [5.41, 5.74) is 9.44. The Labute approximate surface area is 198 Å². The van der Waals surface area contributed by atoms with Gasteiger partial charge in [0, 0.05) is 12.8 Å². The zero-order chi connectivity index (χ0) is 23.8. The van der Waals surface area contributed by atoms with E-state index in [4.69, 9.17) is 4.74 Å². The van der Waals surface area contributed by atoms with Crippen molar-refractivity contribution in [1.29, 1.82) is 0 Å². The topological polar surface area (TPSA) is 73.8 Å². The Hall–Kier alpha value is -2.57. The SMILES string of the molecule is CCCC(C(O)C(CCOC(=O)CCc1ccccc1)N1NNc2ccccc21)C(C)(C)C. The van der Waals surface area contributed by atoms with E-state index in [0.29, 0.717) is 19.3 Å². The lowest BCUT2D eigenvalue weighted by atomic mass is 9.72. The van der Waals surface area contributed by atoms with Gasteiger partial charge in [0.15, 0.2) is 0 Å². The van der Waals surface area contributed by atoms with Crippen molar-refractivity contribution < 1.29 is 14.6 Å². The number of hydrogen-bond acceptors (Lipinski definition) is 6. The van der Waals surface area contributed by atoms with Crippen LogP contribution in [0.25, 0.3) is 0 Å². The molecule has 0 saturated carbocycles. The molecule has 180 valence electrons. The van der Waals surface area contributed by atoms with Crippen LogP contribution >= 0.6 is 0 Å². The first-order valence-electron chi connectivity index (χ1n) is 12.1. The van der Waals surface area contributed by atoms with Gasteiger partial charge in [0.1, 0.15) is 0 Å². The molecule has 2 aromatic carbocycles. The maximum absolute atomic E-state index is 12.4. The number of nitrogens with one attached hydrogen (secondary N) is 2. The number of benzene rings is 2. The first kappa shape index (κ1) is 25.1. The molecule has 0 radical (unpaired) electrons. The second-order valence-electron chi connectivity index (χ2n) is 9.94. The molecule has 0 bridgehead atoms. The third kappa shape index (κ3) is 6.71. The highest BCUT2D eigenvalue weighted by atomic mass is 16.5. The van der Waals surface area contributed by atoms with Crippen molar-refractivity contribution in [2.45, 2.75) is 71.9 Å². The Morgan fingerprint density at radius 1 is 1.06 bits per heavy atom. The van der Waals surface area contributed by atoms with Crippen LogP contribution in [0, 0.1) is 11.3 Å². The molecule has 0 amide bonds. The lowest BCUT2D eigenvalue weighted by Crippen LogP contribution is -2.54. The number of anilines is 2. The maximum Gasteiger partial charge on any atom is 0.306 e. The number of aliphatic hydroxyl groups excluding tert-OH is 1. The fraction of sp³-hybridized carbons (Fsp3) is 0.519. The van der Waals surface area contributed by atoms with E-state index >= 15 is 0 Å². The van der Waals surface area contributed by atoms with Crippen LogP contribution in [-0.4, -0.2) is 29.8 Å². The highest BCUT2D eigenvalue weighted by Crippen LogP contribution is 2.38. The average molecular weight is 454 g/mol. The normalized spacial score (nSPS) is 16.0. The van der Waals surface area contributed by atoms with Crippen molar-refractivity contribution in [2.24, 2.45) is 11.3 Å². The molecule has 0 saturated heterocycles. The predicted octanol–water partition coefficient (Wildman–Crippen LogP) is 5.10. The Bertz CT molecular complexity index is 882. The summed E-state index contributed by atoms with van der Waals surface area (Å²) in [6.45, 7) is 8.96. The van der Waals surface area contributed by atoms with Gasteiger partial charge in [-0.3, -0.25) is 9.80 Å². The molecule has 0 fully saturated rings. The van der Waals surface area contributed by atoms with Crippen molar-refractivity contribution in [1.82, 2.24) is 5.53 Å². The van der Waals surface area contributed by atoms with E-state index in [2.05, 4.69) is 38.7 Å². The summed E-state index contributed by atoms with van der Waals surface area (Å²) < 4.78 is 5.59. The van der Waals surface area contributed by atoms with E-state index in [1.807, 2.05) is 59.6 Å². The maximum atomic E-state index is 12.4. The number of rotatable bonds is 11. The van der Waals surface area contributed by atoms with Crippen molar-refractivity contribution in [3.63, 3.8) is 0 Å². The molecule has 0 aromatic heterocycles. The Morgan fingerprint density at radius 3 is 2.45 bits per heavy atom. The van der Waals surface area contributed by atoms with E-state index in [-0.39, 0.29) is 30.0 Å². The number of aliphatic hydroxyl groups is 1. The average Bonchev–Trinajstić information content (AvgIpc) is 3.22. The minimum Gasteiger partial charge on any atom is -0.466 e. The van der Waals surface area contributed by atoms with Gasteiger partial charge in [0.05, 0.1) is 30.1 Å². The van der Waals surface area contributed by atoms with Gasteiger partial charge in [-0.05, 0) is 41.9 Å². The van der Waals surface area contributed by atoms with Crippen LogP contribution in [0.1, 0.15) is 58.9 Å². The van der Waals surface area contributed by atoms with E-state index in [1.165, 1.54) is 0 Å². The summed E-state index contributed by atoms with van der Waals surface area (Å²) in [7, 11) is 0. The number of hydrazine groups is 2. The summed E-state index contributed by atoms with van der Waals surface area (Å²) >= 11 is 0. The van der Waals surface area contributed by atoms with E-state index in [0.717, 1.165) is 29.8 Å². The van der Waals surface area contributed by atoms with Crippen LogP contribution in [0.2, 0.25) is 0 Å². The number of esters is 1.